The molecule has 1 aromatic carbocycles. The Morgan fingerprint density at radius 2 is 1.91 bits per heavy atom. The minimum absolute atomic E-state index is 0.0406. The number of amides is 4. The fourth-order valence-corrected chi connectivity index (χ4v) is 2.95. The van der Waals surface area contributed by atoms with E-state index in [-0.39, 0.29) is 24.9 Å². The third kappa shape index (κ3) is 3.40. The molecule has 1 N–H and O–H groups in total. The number of nitrogens with one attached hydrogen (secondary N) is 1. The summed E-state index contributed by atoms with van der Waals surface area (Å²) in [7, 11) is 0. The lowest BCUT2D eigenvalue weighted by molar-refractivity contribution is -0.130. The first kappa shape index (κ1) is 15.2. The zero-order valence-corrected chi connectivity index (χ0v) is 13.1. The summed E-state index contributed by atoms with van der Waals surface area (Å²) in [6, 6.07) is 12.3. The number of benzene rings is 1. The molecule has 118 valence electrons. The second kappa shape index (κ2) is 6.62. The lowest BCUT2D eigenvalue weighted by Crippen LogP contribution is -2.41. The van der Waals surface area contributed by atoms with Gasteiger partial charge in [0.05, 0.1) is 6.54 Å². The van der Waals surface area contributed by atoms with Crippen LogP contribution in [0, 0.1) is 0 Å². The Morgan fingerprint density at radius 1 is 1.13 bits per heavy atom. The van der Waals surface area contributed by atoms with Gasteiger partial charge < -0.3 is 5.32 Å². The van der Waals surface area contributed by atoms with Crippen LogP contribution in [0.15, 0.2) is 47.8 Å². The summed E-state index contributed by atoms with van der Waals surface area (Å²) < 4.78 is 0. The number of carbonyl (C=O) groups is 3. The van der Waals surface area contributed by atoms with E-state index < -0.39 is 6.03 Å². The smallest absolute Gasteiger partial charge is 0.332 e. The molecule has 6 nitrogen and oxygen atoms in total. The second-order valence-electron chi connectivity index (χ2n) is 5.04. The van der Waals surface area contributed by atoms with Gasteiger partial charge in [0.15, 0.2) is 0 Å². The summed E-state index contributed by atoms with van der Waals surface area (Å²) in [6.07, 6.45) is 0. The molecule has 23 heavy (non-hydrogen) atoms. The van der Waals surface area contributed by atoms with Crippen LogP contribution in [0.2, 0.25) is 0 Å². The van der Waals surface area contributed by atoms with Gasteiger partial charge in [-0.2, -0.15) is 0 Å². The molecule has 0 aliphatic carbocycles. The first-order valence-corrected chi connectivity index (χ1v) is 7.99. The number of hydrogen-bond acceptors (Lipinski definition) is 4. The molecular weight excluding hydrogens is 314 g/mol. The topological polar surface area (TPSA) is 69.7 Å². The zero-order valence-electron chi connectivity index (χ0n) is 12.3. The Labute approximate surface area is 137 Å². The maximum atomic E-state index is 12.3. The molecule has 0 radical (unpaired) electrons. The number of nitrogens with zero attached hydrogens (tertiary/aromatic N) is 2. The summed E-state index contributed by atoms with van der Waals surface area (Å²) in [6.45, 7) is 0.0997. The van der Waals surface area contributed by atoms with Crippen LogP contribution < -0.4 is 10.2 Å². The first-order chi connectivity index (χ1) is 11.1. The van der Waals surface area contributed by atoms with Gasteiger partial charge in [-0.1, -0.05) is 24.3 Å². The largest absolute Gasteiger partial charge is 0.350 e. The minimum atomic E-state index is -0.465. The van der Waals surface area contributed by atoms with Crippen LogP contribution in [0.25, 0.3) is 0 Å². The first-order valence-electron chi connectivity index (χ1n) is 7.11. The lowest BCUT2D eigenvalue weighted by Gasteiger charge is -2.16. The van der Waals surface area contributed by atoms with Crippen LogP contribution in [0.4, 0.5) is 10.5 Å². The van der Waals surface area contributed by atoms with Crippen molar-refractivity contribution < 1.29 is 14.4 Å². The standard InChI is InChI=1S/C16H15N3O3S/c20-14(17-9-13-7-4-8-23-13)10-19-15(21)11-18(16(19)22)12-5-2-1-3-6-12/h1-8H,9-11H2,(H,17,20). The normalized spacial score (nSPS) is 14.4. The molecule has 0 spiro atoms. The number of carbonyl (C=O) groups excluding carboxylic acids is 3. The number of hydrogen-bond donors (Lipinski definition) is 1. The maximum absolute atomic E-state index is 12.3. The SMILES string of the molecule is O=C(CN1C(=O)CN(c2ccccc2)C1=O)NCc1cccs1. The molecule has 1 fully saturated rings. The fourth-order valence-electron chi connectivity index (χ4n) is 2.30. The Hall–Kier alpha value is -2.67. The average molecular weight is 329 g/mol. The molecule has 1 saturated heterocycles. The highest BCUT2D eigenvalue weighted by atomic mass is 32.1. The highest BCUT2D eigenvalue weighted by Crippen LogP contribution is 2.20. The van der Waals surface area contributed by atoms with E-state index in [1.54, 1.807) is 24.3 Å². The Morgan fingerprint density at radius 3 is 2.61 bits per heavy atom. The molecule has 1 aliphatic rings. The number of para-hydroxylation sites is 1. The van der Waals surface area contributed by atoms with Crippen molar-refractivity contribution in [3.63, 3.8) is 0 Å². The summed E-state index contributed by atoms with van der Waals surface area (Å²) >= 11 is 1.54. The van der Waals surface area contributed by atoms with Crippen LogP contribution in [-0.2, 0) is 16.1 Å². The molecule has 2 aromatic rings. The van der Waals surface area contributed by atoms with Crippen molar-refractivity contribution in [2.45, 2.75) is 6.54 Å². The number of anilines is 1. The quantitative estimate of drug-likeness (QED) is 0.851. The molecule has 0 bridgehead atoms. The predicted molar refractivity (Wildman–Crippen MR) is 87.1 cm³/mol. The molecule has 0 saturated carbocycles. The molecule has 7 heteroatoms. The van der Waals surface area contributed by atoms with E-state index in [2.05, 4.69) is 5.32 Å². The zero-order chi connectivity index (χ0) is 16.2. The van der Waals surface area contributed by atoms with Crippen molar-refractivity contribution in [1.82, 2.24) is 10.2 Å². The molecule has 1 aromatic heterocycles. The maximum Gasteiger partial charge on any atom is 0.332 e. The van der Waals surface area contributed by atoms with Crippen molar-refractivity contribution in [3.05, 3.63) is 52.7 Å². The van der Waals surface area contributed by atoms with Crippen molar-refractivity contribution in [2.75, 3.05) is 18.0 Å². The van der Waals surface area contributed by atoms with Gasteiger partial charge in [-0.25, -0.2) is 4.79 Å². The second-order valence-corrected chi connectivity index (χ2v) is 6.07. The summed E-state index contributed by atoms with van der Waals surface area (Å²) in [4.78, 5) is 39.7. The highest BCUT2D eigenvalue weighted by Gasteiger charge is 2.37. The van der Waals surface area contributed by atoms with E-state index in [1.807, 2.05) is 23.6 Å². The molecule has 0 atom stereocenters. The van der Waals surface area contributed by atoms with Crippen LogP contribution in [0.1, 0.15) is 4.88 Å². The van der Waals surface area contributed by atoms with E-state index in [0.717, 1.165) is 9.78 Å². The summed E-state index contributed by atoms with van der Waals surface area (Å²) in [5, 5.41) is 4.64. The van der Waals surface area contributed by atoms with Gasteiger partial charge in [0, 0.05) is 10.6 Å². The summed E-state index contributed by atoms with van der Waals surface area (Å²) in [5.74, 6) is -0.722. The number of urea groups is 1. The minimum Gasteiger partial charge on any atom is -0.350 e. The van der Waals surface area contributed by atoms with E-state index >= 15 is 0 Å². The van der Waals surface area contributed by atoms with E-state index in [4.69, 9.17) is 0 Å². The van der Waals surface area contributed by atoms with Gasteiger partial charge in [0.25, 0.3) is 5.91 Å². The van der Waals surface area contributed by atoms with Crippen molar-refractivity contribution in [1.29, 1.82) is 0 Å². The third-order valence-corrected chi connectivity index (χ3v) is 4.34. The van der Waals surface area contributed by atoms with Gasteiger partial charge in [-0.05, 0) is 23.6 Å². The molecule has 2 heterocycles. The Balaban J connectivity index is 1.60. The van der Waals surface area contributed by atoms with E-state index in [0.29, 0.717) is 12.2 Å². The fraction of sp³-hybridized carbons (Fsp3) is 0.188. The van der Waals surface area contributed by atoms with Crippen LogP contribution in [-0.4, -0.2) is 35.8 Å². The van der Waals surface area contributed by atoms with Crippen LogP contribution in [0.3, 0.4) is 0 Å². The molecule has 1 aliphatic heterocycles. The van der Waals surface area contributed by atoms with Crippen LogP contribution >= 0.6 is 11.3 Å². The van der Waals surface area contributed by atoms with Crippen molar-refractivity contribution >= 4 is 34.9 Å². The average Bonchev–Trinajstić information content (AvgIpc) is 3.17. The number of thiophene rings is 1. The summed E-state index contributed by atoms with van der Waals surface area (Å²) in [5.41, 5.74) is 0.646. The third-order valence-electron chi connectivity index (χ3n) is 3.47. The monoisotopic (exact) mass is 329 g/mol. The van der Waals surface area contributed by atoms with Gasteiger partial charge in [0.1, 0.15) is 13.1 Å². The van der Waals surface area contributed by atoms with E-state index in [9.17, 15) is 14.4 Å². The predicted octanol–water partition coefficient (Wildman–Crippen LogP) is 1.83. The molecule has 3 rings (SSSR count). The Bertz CT molecular complexity index is 715. The van der Waals surface area contributed by atoms with Crippen molar-refractivity contribution in [2.24, 2.45) is 0 Å². The van der Waals surface area contributed by atoms with Gasteiger partial charge >= 0.3 is 6.03 Å². The van der Waals surface area contributed by atoms with Crippen LogP contribution in [0.5, 0.6) is 0 Å². The van der Waals surface area contributed by atoms with Gasteiger partial charge in [-0.15, -0.1) is 11.3 Å². The number of rotatable bonds is 5. The molecular formula is C16H15N3O3S. The Kier molecular flexibility index (Phi) is 4.38. The molecule has 0 unspecified atom stereocenters. The van der Waals surface area contributed by atoms with Gasteiger partial charge in [0.2, 0.25) is 5.91 Å². The molecule has 4 amide bonds. The van der Waals surface area contributed by atoms with E-state index in [1.165, 1.54) is 16.2 Å². The number of imide groups is 1. The van der Waals surface area contributed by atoms with Crippen molar-refractivity contribution in [3.8, 4) is 0 Å². The lowest BCUT2D eigenvalue weighted by atomic mass is 10.3. The van der Waals surface area contributed by atoms with Gasteiger partial charge in [-0.3, -0.25) is 19.4 Å². The highest BCUT2D eigenvalue weighted by molar-refractivity contribution is 7.09.